The van der Waals surface area contributed by atoms with Crippen LogP contribution < -0.4 is 20.9 Å². The lowest BCUT2D eigenvalue weighted by Crippen LogP contribution is -2.47. The predicted molar refractivity (Wildman–Crippen MR) is 236 cm³/mol. The molecule has 0 fully saturated rings. The van der Waals surface area contributed by atoms with Crippen molar-refractivity contribution in [2.45, 2.75) is 139 Å². The van der Waals surface area contributed by atoms with Crippen molar-refractivity contribution in [3.05, 3.63) is 138 Å². The van der Waals surface area contributed by atoms with Crippen LogP contribution in [0.15, 0.2) is 72.8 Å². The number of benzene rings is 4. The molecule has 0 amide bonds. The van der Waals surface area contributed by atoms with E-state index in [1.807, 2.05) is 0 Å². The molecule has 6 aliphatic rings. The van der Waals surface area contributed by atoms with Crippen LogP contribution in [0.2, 0.25) is 0 Å². The van der Waals surface area contributed by atoms with Crippen LogP contribution in [0.5, 0.6) is 0 Å². The molecule has 278 valence electrons. The zero-order valence-electron chi connectivity index (χ0n) is 33.7. The number of aryl methyl sites for hydroxylation is 2. The Hall–Kier alpha value is -2.78. The average Bonchev–Trinajstić information content (AvgIpc) is 3.43. The first kappa shape index (κ1) is 35.6. The predicted octanol–water partition coefficient (Wildman–Crippen LogP) is 10.8. The lowest BCUT2D eigenvalue weighted by Gasteiger charge is -2.55. The van der Waals surface area contributed by atoms with Crippen LogP contribution >= 0.6 is 15.8 Å². The first-order valence-corrected chi connectivity index (χ1v) is 24.6. The monoisotopic (exact) mass is 746 g/mol. The van der Waals surface area contributed by atoms with Gasteiger partial charge in [0.2, 0.25) is 0 Å². The molecule has 0 aromatic heterocycles. The van der Waals surface area contributed by atoms with Gasteiger partial charge in [0.15, 0.2) is 0 Å². The number of fused-ring (bicyclic) bond motifs is 14. The van der Waals surface area contributed by atoms with E-state index >= 15 is 0 Å². The number of hydrogen-bond donors (Lipinski definition) is 0. The molecular weight excluding hydrogens is 687 g/mol. The Balaban J connectivity index is 1.27. The summed E-state index contributed by atoms with van der Waals surface area (Å²) in [5.41, 5.74) is 14.9. The normalized spacial score (nSPS) is 29.5. The average molecular weight is 747 g/mol. The van der Waals surface area contributed by atoms with Crippen LogP contribution in [0.1, 0.15) is 136 Å². The first-order chi connectivity index (χ1) is 26.1. The third kappa shape index (κ3) is 5.74. The van der Waals surface area contributed by atoms with Crippen molar-refractivity contribution in [1.29, 1.82) is 0 Å². The summed E-state index contributed by atoms with van der Waals surface area (Å²) < 4.78 is 0. The van der Waals surface area contributed by atoms with Gasteiger partial charge in [0, 0.05) is 11.8 Å². The Morgan fingerprint density at radius 2 is 0.870 bits per heavy atom. The maximum atomic E-state index is 2.65. The van der Waals surface area contributed by atoms with E-state index in [0.29, 0.717) is 23.7 Å². The van der Waals surface area contributed by atoms with Gasteiger partial charge in [-0.25, -0.2) is 0 Å². The van der Waals surface area contributed by atoms with Gasteiger partial charge in [-0.15, -0.1) is 0 Å². The molecule has 8 atom stereocenters. The number of rotatable bonds is 1. The van der Waals surface area contributed by atoms with E-state index in [1.54, 1.807) is 54.9 Å². The fourth-order valence-electron chi connectivity index (χ4n) is 12.5. The summed E-state index contributed by atoms with van der Waals surface area (Å²) in [6.45, 7) is 15.9. The second kappa shape index (κ2) is 13.4. The fourth-order valence-corrected chi connectivity index (χ4v) is 20.6. The van der Waals surface area contributed by atoms with Crippen molar-refractivity contribution in [1.82, 2.24) is 0 Å². The Bertz CT molecular complexity index is 2220. The molecule has 4 aromatic rings. The van der Waals surface area contributed by atoms with E-state index in [-0.39, 0.29) is 26.2 Å². The van der Waals surface area contributed by atoms with Crippen LogP contribution in [0, 0.1) is 11.8 Å². The summed E-state index contributed by atoms with van der Waals surface area (Å²) in [5, 5.41) is 6.73. The molecule has 2 heterocycles. The second-order valence-corrected chi connectivity index (χ2v) is 26.0. The summed E-state index contributed by atoms with van der Waals surface area (Å²) >= 11 is 0. The topological polar surface area (TPSA) is 0 Å². The molecule has 0 saturated heterocycles. The molecule has 2 aliphatic heterocycles. The quantitative estimate of drug-likeness (QED) is 0.170. The molecule has 4 aliphatic carbocycles. The van der Waals surface area contributed by atoms with Gasteiger partial charge in [0.05, 0.1) is 0 Å². The highest BCUT2D eigenvalue weighted by atomic mass is 31.1. The zero-order valence-corrected chi connectivity index (χ0v) is 35.5. The van der Waals surface area contributed by atoms with Gasteiger partial charge >= 0.3 is 0 Å². The smallest absolute Gasteiger partial charge is 0.0136 e. The molecule has 4 aromatic carbocycles. The highest BCUT2D eigenvalue weighted by Gasteiger charge is 2.56. The van der Waals surface area contributed by atoms with E-state index in [9.17, 15) is 0 Å². The molecule has 0 bridgehead atoms. The van der Waals surface area contributed by atoms with Gasteiger partial charge in [0.1, 0.15) is 0 Å². The Morgan fingerprint density at radius 1 is 0.463 bits per heavy atom. The largest absolute Gasteiger partial charge is 0.0925 e. The van der Waals surface area contributed by atoms with Gasteiger partial charge < -0.3 is 0 Å². The molecule has 0 N–H and O–H groups in total. The van der Waals surface area contributed by atoms with Crippen molar-refractivity contribution in [3.63, 3.8) is 0 Å². The minimum atomic E-state index is -0.351. The van der Waals surface area contributed by atoms with E-state index in [1.165, 1.54) is 74.1 Å². The summed E-state index contributed by atoms with van der Waals surface area (Å²) in [6, 6.07) is 29.7. The zero-order chi connectivity index (χ0) is 36.9. The molecule has 2 heteroatoms. The van der Waals surface area contributed by atoms with Crippen LogP contribution in [0.25, 0.3) is 24.3 Å². The lowest BCUT2D eigenvalue weighted by molar-refractivity contribution is 0.314. The third-order valence-corrected chi connectivity index (χ3v) is 22.6. The summed E-state index contributed by atoms with van der Waals surface area (Å²) in [4.78, 5) is 0. The minimum Gasteiger partial charge on any atom is -0.0925 e. The van der Waals surface area contributed by atoms with E-state index in [4.69, 9.17) is 0 Å². The maximum absolute atomic E-state index is 2.65. The molecule has 0 nitrogen and oxygen atoms in total. The minimum absolute atomic E-state index is 0.261. The van der Waals surface area contributed by atoms with Crippen LogP contribution in [-0.4, -0.2) is 21.6 Å². The van der Waals surface area contributed by atoms with Crippen LogP contribution in [-0.2, 0) is 25.2 Å². The van der Waals surface area contributed by atoms with Crippen LogP contribution in [0.3, 0.4) is 0 Å². The van der Waals surface area contributed by atoms with Gasteiger partial charge in [-0.05, 0) is 163 Å². The summed E-state index contributed by atoms with van der Waals surface area (Å²) in [7, 11) is -0.702. The second-order valence-electron chi connectivity index (χ2n) is 19.6. The number of hydrogen-bond acceptors (Lipinski definition) is 0. The van der Waals surface area contributed by atoms with E-state index in [2.05, 4.69) is 139 Å². The maximum Gasteiger partial charge on any atom is 0.0136 e. The Morgan fingerprint density at radius 3 is 1.30 bits per heavy atom. The van der Waals surface area contributed by atoms with Crippen LogP contribution in [0.4, 0.5) is 0 Å². The molecule has 2 unspecified atom stereocenters. The lowest BCUT2D eigenvalue weighted by atomic mass is 9.64. The summed E-state index contributed by atoms with van der Waals surface area (Å²) in [6.07, 6.45) is 22.8. The van der Waals surface area contributed by atoms with Crippen molar-refractivity contribution >= 4 is 40.1 Å². The van der Waals surface area contributed by atoms with Crippen molar-refractivity contribution in [2.75, 3.05) is 0 Å². The Kier molecular flexibility index (Phi) is 8.85. The van der Waals surface area contributed by atoms with E-state index < -0.39 is 0 Å². The molecule has 0 saturated carbocycles. The molecule has 0 spiro atoms. The fraction of sp³-hybridized carbons (Fsp3) is 0.462. The van der Waals surface area contributed by atoms with Gasteiger partial charge in [-0.3, -0.25) is 0 Å². The van der Waals surface area contributed by atoms with Crippen molar-refractivity contribution < 1.29 is 0 Å². The van der Waals surface area contributed by atoms with Gasteiger partial charge in [-0.2, -0.15) is 0 Å². The standard InChI is InChI=1S/C52H60P2/c1-51(2,3)53-31-37-25-23-33-15-7-11-19-39(33)45(37)47-41-21-13-9-17-35(41)27-29-43(47)49(53)50-44-30-28-36-18-10-14-22-42(36)48(44)46-38(32-54(50)52(4,5)6)26-24-34-16-8-12-20-40(34)46/h9-10,13-26,43-44,47-50H,7-8,11-12,27-32H2,1-6H3/t43?,44?,47-,48-,49-,50-,53-,54-/m1/s1. The molecule has 10 rings (SSSR count). The molecular formula is C52H60P2. The highest BCUT2D eigenvalue weighted by molar-refractivity contribution is 7.63. The van der Waals surface area contributed by atoms with E-state index in [0.717, 1.165) is 11.3 Å². The first-order valence-electron chi connectivity index (χ1n) is 21.4. The SMILES string of the molecule is CC(C)(C)[P@]1Cc2ccc3c(c2[C@@H]2c4ccccc4CCC2[C@@H]1[C@H]1C2CCc4ccccc4[C@H]2c2c(ccc4c2=CCCC=4)C[P@@]1C(C)(C)C)=CCCC=3. The molecule has 0 radical (unpaired) electrons. The highest BCUT2D eigenvalue weighted by Crippen LogP contribution is 2.74. The van der Waals surface area contributed by atoms with Crippen molar-refractivity contribution in [3.8, 4) is 0 Å². The molecule has 54 heavy (non-hydrogen) atoms. The third-order valence-electron chi connectivity index (χ3n) is 14.7. The summed E-state index contributed by atoms with van der Waals surface area (Å²) in [5.74, 6) is 2.29. The Labute approximate surface area is 327 Å². The van der Waals surface area contributed by atoms with Gasteiger partial charge in [0.25, 0.3) is 0 Å². The van der Waals surface area contributed by atoms with Crippen molar-refractivity contribution in [2.24, 2.45) is 11.8 Å². The van der Waals surface area contributed by atoms with Gasteiger partial charge in [-0.1, -0.05) is 154 Å².